The van der Waals surface area contributed by atoms with Crippen molar-refractivity contribution in [1.29, 1.82) is 0 Å². The van der Waals surface area contributed by atoms with Gasteiger partial charge in [-0.25, -0.2) is 19.9 Å². The van der Waals surface area contributed by atoms with Crippen molar-refractivity contribution < 1.29 is 0 Å². The summed E-state index contributed by atoms with van der Waals surface area (Å²) in [6, 6.07) is 12.0. The zero-order chi connectivity index (χ0) is 23.5. The van der Waals surface area contributed by atoms with Gasteiger partial charge in [0.2, 0.25) is 0 Å². The minimum atomic E-state index is -0.161. The first-order chi connectivity index (χ1) is 16.5. The topological polar surface area (TPSA) is 80.8 Å². The first-order valence-corrected chi connectivity index (χ1v) is 13.3. The SMILES string of the molecule is Clc1ncnc2ccsc12.NC1(Cc2ccc(Cl)cc2)CCN(c2ncnc3ccsc23)CC1. The highest BCUT2D eigenvalue weighted by molar-refractivity contribution is 7.18. The largest absolute Gasteiger partial charge is 0.355 e. The standard InChI is InChI=1S/C18H19ClN4S.C6H3ClN2S/c19-14-3-1-13(2-4-14)11-18(20)6-8-23(9-7-18)17-16-15(5-10-24-16)21-12-22-17;7-6-5-4(1-2-10-5)8-3-9-6/h1-5,10,12H,6-9,11,20H2;1-3H. The van der Waals surface area contributed by atoms with Crippen LogP contribution in [0.5, 0.6) is 0 Å². The Morgan fingerprint density at radius 2 is 1.44 bits per heavy atom. The van der Waals surface area contributed by atoms with E-state index < -0.39 is 0 Å². The molecule has 0 radical (unpaired) electrons. The number of hydrogen-bond donors (Lipinski definition) is 1. The molecule has 0 atom stereocenters. The van der Waals surface area contributed by atoms with E-state index in [9.17, 15) is 0 Å². The summed E-state index contributed by atoms with van der Waals surface area (Å²) in [6.45, 7) is 1.85. The highest BCUT2D eigenvalue weighted by Gasteiger charge is 2.32. The fraction of sp³-hybridized carbons (Fsp3) is 0.250. The summed E-state index contributed by atoms with van der Waals surface area (Å²) in [4.78, 5) is 19.0. The quantitative estimate of drug-likeness (QED) is 0.279. The van der Waals surface area contributed by atoms with Crippen molar-refractivity contribution in [2.45, 2.75) is 24.8 Å². The molecule has 34 heavy (non-hydrogen) atoms. The van der Waals surface area contributed by atoms with Crippen LogP contribution in [0.3, 0.4) is 0 Å². The highest BCUT2D eigenvalue weighted by Crippen LogP contribution is 2.32. The molecular formula is C24H22Cl2N6S2. The lowest BCUT2D eigenvalue weighted by molar-refractivity contribution is 0.330. The van der Waals surface area contributed by atoms with Gasteiger partial charge in [-0.15, -0.1) is 22.7 Å². The first kappa shape index (κ1) is 23.4. The average Bonchev–Trinajstić information content (AvgIpc) is 3.52. The van der Waals surface area contributed by atoms with Gasteiger partial charge < -0.3 is 10.6 Å². The van der Waals surface area contributed by atoms with Crippen molar-refractivity contribution in [3.05, 3.63) is 75.6 Å². The molecule has 1 fully saturated rings. The van der Waals surface area contributed by atoms with Crippen LogP contribution in [-0.2, 0) is 6.42 Å². The summed E-state index contributed by atoms with van der Waals surface area (Å²) >= 11 is 15.0. The van der Waals surface area contributed by atoms with Crippen LogP contribution in [0.4, 0.5) is 5.82 Å². The van der Waals surface area contributed by atoms with E-state index in [0.717, 1.165) is 58.9 Å². The third kappa shape index (κ3) is 5.16. The van der Waals surface area contributed by atoms with Gasteiger partial charge in [-0.3, -0.25) is 0 Å². The molecule has 1 aromatic carbocycles. The van der Waals surface area contributed by atoms with Crippen molar-refractivity contribution in [2.24, 2.45) is 5.73 Å². The number of rotatable bonds is 3. The van der Waals surface area contributed by atoms with Gasteiger partial charge in [-0.2, -0.15) is 0 Å². The van der Waals surface area contributed by atoms with Crippen LogP contribution >= 0.6 is 45.9 Å². The summed E-state index contributed by atoms with van der Waals surface area (Å²) in [6.07, 6.45) is 5.91. The Morgan fingerprint density at radius 1 is 0.824 bits per heavy atom. The van der Waals surface area contributed by atoms with Gasteiger partial charge in [0.15, 0.2) is 0 Å². The number of nitrogens with two attached hydrogens (primary N) is 1. The van der Waals surface area contributed by atoms with E-state index in [1.165, 1.54) is 16.6 Å². The van der Waals surface area contributed by atoms with E-state index in [-0.39, 0.29) is 5.54 Å². The molecule has 0 saturated carbocycles. The van der Waals surface area contributed by atoms with Crippen LogP contribution < -0.4 is 10.6 Å². The van der Waals surface area contributed by atoms with E-state index >= 15 is 0 Å². The maximum atomic E-state index is 6.67. The third-order valence-electron chi connectivity index (χ3n) is 5.95. The molecule has 0 unspecified atom stereocenters. The van der Waals surface area contributed by atoms with Gasteiger partial charge in [0.05, 0.1) is 20.4 Å². The Kier molecular flexibility index (Phi) is 6.94. The average molecular weight is 530 g/mol. The van der Waals surface area contributed by atoms with Crippen LogP contribution in [0.2, 0.25) is 10.2 Å². The fourth-order valence-corrected chi connectivity index (χ4v) is 6.10. The Balaban J connectivity index is 0.000000200. The first-order valence-electron chi connectivity index (χ1n) is 10.8. The molecule has 1 saturated heterocycles. The summed E-state index contributed by atoms with van der Waals surface area (Å²) in [5.41, 5.74) is 9.70. The second-order valence-electron chi connectivity index (χ2n) is 8.28. The minimum Gasteiger partial charge on any atom is -0.355 e. The second-order valence-corrected chi connectivity index (χ2v) is 10.9. The lowest BCUT2D eigenvalue weighted by Gasteiger charge is -2.40. The molecule has 0 amide bonds. The summed E-state index contributed by atoms with van der Waals surface area (Å²) in [5.74, 6) is 1.04. The number of piperidine rings is 1. The van der Waals surface area contributed by atoms with Crippen molar-refractivity contribution in [1.82, 2.24) is 19.9 Å². The molecule has 2 N–H and O–H groups in total. The second kappa shape index (κ2) is 10.1. The lowest BCUT2D eigenvalue weighted by Crippen LogP contribution is -2.52. The maximum Gasteiger partial charge on any atom is 0.150 e. The Morgan fingerprint density at radius 3 is 2.12 bits per heavy atom. The molecule has 0 bridgehead atoms. The number of aromatic nitrogens is 4. The molecule has 1 aliphatic heterocycles. The van der Waals surface area contributed by atoms with Gasteiger partial charge in [0, 0.05) is 23.7 Å². The van der Waals surface area contributed by atoms with E-state index in [0.29, 0.717) is 5.15 Å². The van der Waals surface area contributed by atoms with Gasteiger partial charge >= 0.3 is 0 Å². The van der Waals surface area contributed by atoms with Gasteiger partial charge in [-0.1, -0.05) is 35.3 Å². The molecule has 1 aliphatic rings. The predicted octanol–water partition coefficient (Wildman–Crippen LogP) is 6.23. The van der Waals surface area contributed by atoms with Crippen LogP contribution in [0, 0.1) is 0 Å². The van der Waals surface area contributed by atoms with E-state index in [2.05, 4.69) is 42.3 Å². The van der Waals surface area contributed by atoms with E-state index in [1.54, 1.807) is 29.0 Å². The summed E-state index contributed by atoms with van der Waals surface area (Å²) in [7, 11) is 0. The number of anilines is 1. The van der Waals surface area contributed by atoms with Gasteiger partial charge in [0.25, 0.3) is 0 Å². The zero-order valence-corrected chi connectivity index (χ0v) is 21.3. The van der Waals surface area contributed by atoms with E-state index in [1.807, 2.05) is 29.6 Å². The molecule has 5 heterocycles. The Labute approximate surface area is 215 Å². The van der Waals surface area contributed by atoms with Crippen molar-refractivity contribution >= 4 is 72.1 Å². The van der Waals surface area contributed by atoms with Crippen molar-refractivity contribution in [3.63, 3.8) is 0 Å². The maximum absolute atomic E-state index is 6.67. The fourth-order valence-electron chi connectivity index (χ4n) is 4.11. The molecule has 6 nitrogen and oxygen atoms in total. The zero-order valence-electron chi connectivity index (χ0n) is 18.2. The minimum absolute atomic E-state index is 0.161. The lowest BCUT2D eigenvalue weighted by atomic mass is 9.83. The Hall–Kier alpha value is -2.36. The van der Waals surface area contributed by atoms with Crippen molar-refractivity contribution in [2.75, 3.05) is 18.0 Å². The smallest absolute Gasteiger partial charge is 0.150 e. The molecule has 0 spiro atoms. The molecule has 174 valence electrons. The molecule has 4 aromatic heterocycles. The predicted molar refractivity (Wildman–Crippen MR) is 143 cm³/mol. The molecule has 0 aliphatic carbocycles. The number of nitrogens with zero attached hydrogens (tertiary/aromatic N) is 5. The van der Waals surface area contributed by atoms with Gasteiger partial charge in [-0.05, 0) is 59.9 Å². The third-order valence-corrected chi connectivity index (χ3v) is 8.41. The molecule has 5 aromatic rings. The molecule has 10 heteroatoms. The van der Waals surface area contributed by atoms with E-state index in [4.69, 9.17) is 28.9 Å². The van der Waals surface area contributed by atoms with Crippen LogP contribution in [-0.4, -0.2) is 38.6 Å². The number of hydrogen-bond acceptors (Lipinski definition) is 8. The highest BCUT2D eigenvalue weighted by atomic mass is 35.5. The molecular weight excluding hydrogens is 507 g/mol. The monoisotopic (exact) mass is 528 g/mol. The molecule has 6 rings (SSSR count). The van der Waals surface area contributed by atoms with Crippen LogP contribution in [0.1, 0.15) is 18.4 Å². The normalized spacial score (nSPS) is 15.3. The summed E-state index contributed by atoms with van der Waals surface area (Å²) in [5, 5.41) is 5.33. The van der Waals surface area contributed by atoms with Crippen molar-refractivity contribution in [3.8, 4) is 0 Å². The number of thiophene rings is 2. The number of halogens is 2. The van der Waals surface area contributed by atoms with Gasteiger partial charge in [0.1, 0.15) is 23.6 Å². The number of fused-ring (bicyclic) bond motifs is 2. The Bertz CT molecular complexity index is 1390. The van der Waals surface area contributed by atoms with Crippen LogP contribution in [0.25, 0.3) is 20.4 Å². The number of benzene rings is 1. The van der Waals surface area contributed by atoms with Crippen LogP contribution in [0.15, 0.2) is 59.8 Å². The summed E-state index contributed by atoms with van der Waals surface area (Å²) < 4.78 is 2.13.